The fourth-order valence-corrected chi connectivity index (χ4v) is 5.08. The zero-order valence-corrected chi connectivity index (χ0v) is 19.3. The number of benzene rings is 2. The summed E-state index contributed by atoms with van der Waals surface area (Å²) in [6.45, 7) is 8.73. The molecule has 0 unspecified atom stereocenters. The van der Waals surface area contributed by atoms with Crippen molar-refractivity contribution in [3.8, 4) is 0 Å². The molecule has 0 saturated carbocycles. The lowest BCUT2D eigenvalue weighted by Gasteiger charge is -2.44. The number of nitrogens with one attached hydrogen (secondary N) is 1. The number of alkyl halides is 3. The van der Waals surface area contributed by atoms with Gasteiger partial charge in [0.25, 0.3) is 0 Å². The fraction of sp³-hybridized carbons (Fsp3) is 0.440. The number of hydrogen-bond acceptors (Lipinski definition) is 6. The van der Waals surface area contributed by atoms with Crippen molar-refractivity contribution in [2.45, 2.75) is 32.1 Å². The van der Waals surface area contributed by atoms with E-state index in [9.17, 15) is 13.2 Å². The molecule has 0 bridgehead atoms. The van der Waals surface area contributed by atoms with Crippen molar-refractivity contribution in [2.75, 3.05) is 49.6 Å². The van der Waals surface area contributed by atoms with Gasteiger partial charge in [0.05, 0.1) is 42.2 Å². The predicted octanol–water partition coefficient (Wildman–Crippen LogP) is 4.65. The molecule has 0 radical (unpaired) electrons. The van der Waals surface area contributed by atoms with Crippen molar-refractivity contribution >= 4 is 22.3 Å². The number of hydrogen-bond donors (Lipinski definition) is 1. The van der Waals surface area contributed by atoms with E-state index in [0.717, 1.165) is 67.7 Å². The number of halogens is 3. The molecule has 2 aliphatic heterocycles. The fourth-order valence-electron chi connectivity index (χ4n) is 5.08. The van der Waals surface area contributed by atoms with E-state index in [0.29, 0.717) is 11.6 Å². The predicted molar refractivity (Wildman–Crippen MR) is 126 cm³/mol. The molecule has 34 heavy (non-hydrogen) atoms. The zero-order valence-electron chi connectivity index (χ0n) is 19.3. The van der Waals surface area contributed by atoms with E-state index in [1.54, 1.807) is 12.3 Å². The first-order valence-corrected chi connectivity index (χ1v) is 11.6. The summed E-state index contributed by atoms with van der Waals surface area (Å²) < 4.78 is 45.9. The highest BCUT2D eigenvalue weighted by molar-refractivity contribution is 5.93. The average molecular weight is 472 g/mol. The number of morpholine rings is 1. The Morgan fingerprint density at radius 1 is 1.15 bits per heavy atom. The second-order valence-corrected chi connectivity index (χ2v) is 9.05. The molecule has 2 aromatic carbocycles. The third kappa shape index (κ3) is 4.42. The maximum atomic E-state index is 13.4. The largest absolute Gasteiger partial charge is 0.416 e. The van der Waals surface area contributed by atoms with Gasteiger partial charge >= 0.3 is 6.18 Å². The van der Waals surface area contributed by atoms with Crippen LogP contribution in [0.15, 0.2) is 42.6 Å². The van der Waals surface area contributed by atoms with Gasteiger partial charge in [-0.3, -0.25) is 4.90 Å². The van der Waals surface area contributed by atoms with E-state index < -0.39 is 11.7 Å². The molecule has 9 heteroatoms. The van der Waals surface area contributed by atoms with Crippen LogP contribution in [0, 0.1) is 6.92 Å². The molecular weight excluding hydrogens is 443 g/mol. The maximum absolute atomic E-state index is 13.4. The van der Waals surface area contributed by atoms with E-state index >= 15 is 0 Å². The van der Waals surface area contributed by atoms with Crippen LogP contribution in [0.2, 0.25) is 0 Å². The molecule has 0 aliphatic carbocycles. The molecule has 1 aromatic heterocycles. The number of nitrogens with zero attached hydrogens (tertiary/aromatic N) is 4. The first kappa shape index (κ1) is 22.9. The molecule has 0 amide bonds. The zero-order chi connectivity index (χ0) is 23.9. The lowest BCUT2D eigenvalue weighted by molar-refractivity contribution is -0.138. The van der Waals surface area contributed by atoms with Crippen LogP contribution in [-0.2, 0) is 10.9 Å². The van der Waals surface area contributed by atoms with Gasteiger partial charge in [0, 0.05) is 43.3 Å². The molecule has 3 aromatic rings. The summed E-state index contributed by atoms with van der Waals surface area (Å²) in [5, 5.41) is 12.6. The van der Waals surface area contributed by atoms with Gasteiger partial charge in [0.2, 0.25) is 0 Å². The Hall–Kier alpha value is -2.91. The summed E-state index contributed by atoms with van der Waals surface area (Å²) in [4.78, 5) is 4.85. The second-order valence-electron chi connectivity index (χ2n) is 9.05. The lowest BCUT2D eigenvalue weighted by Crippen LogP contribution is -2.58. The number of fused-ring (bicyclic) bond motifs is 2. The smallest absolute Gasteiger partial charge is 0.378 e. The summed E-state index contributed by atoms with van der Waals surface area (Å²) in [6, 6.07) is 10.5. The van der Waals surface area contributed by atoms with Crippen molar-refractivity contribution in [3.05, 3.63) is 59.3 Å². The molecule has 2 aliphatic rings. The van der Waals surface area contributed by atoms with Crippen LogP contribution in [0.5, 0.6) is 0 Å². The number of rotatable bonds is 4. The number of anilines is 2. The minimum atomic E-state index is -4.38. The SMILES string of the molecule is Cc1c([C@@H](C)Nc2cnnc3ccc(N4CCN5CCOC[C@@H]5C4)cc23)cccc1C(F)(F)F. The van der Waals surface area contributed by atoms with Crippen LogP contribution in [0.3, 0.4) is 0 Å². The van der Waals surface area contributed by atoms with Gasteiger partial charge in [-0.2, -0.15) is 23.4 Å². The summed E-state index contributed by atoms with van der Waals surface area (Å²) in [5.41, 5.74) is 2.80. The van der Waals surface area contributed by atoms with Gasteiger partial charge in [-0.05, 0) is 49.2 Å². The van der Waals surface area contributed by atoms with Crippen LogP contribution in [0.4, 0.5) is 24.5 Å². The molecule has 3 heterocycles. The van der Waals surface area contributed by atoms with Crippen molar-refractivity contribution < 1.29 is 17.9 Å². The van der Waals surface area contributed by atoms with Crippen LogP contribution >= 0.6 is 0 Å². The molecule has 180 valence electrons. The Bertz CT molecular complexity index is 1180. The van der Waals surface area contributed by atoms with Gasteiger partial charge in [0.1, 0.15) is 0 Å². The van der Waals surface area contributed by atoms with Crippen LogP contribution in [0.25, 0.3) is 10.9 Å². The van der Waals surface area contributed by atoms with Crippen molar-refractivity contribution in [2.24, 2.45) is 0 Å². The van der Waals surface area contributed by atoms with E-state index in [4.69, 9.17) is 4.74 Å². The molecule has 1 N–H and O–H groups in total. The molecule has 2 saturated heterocycles. The number of aromatic nitrogens is 2. The summed E-state index contributed by atoms with van der Waals surface area (Å²) in [7, 11) is 0. The Morgan fingerprint density at radius 3 is 2.82 bits per heavy atom. The third-order valence-corrected chi connectivity index (χ3v) is 6.95. The van der Waals surface area contributed by atoms with Gasteiger partial charge < -0.3 is 15.0 Å². The van der Waals surface area contributed by atoms with Crippen LogP contribution in [0.1, 0.15) is 29.7 Å². The Kier molecular flexibility index (Phi) is 6.07. The molecule has 6 nitrogen and oxygen atoms in total. The number of ether oxygens (including phenoxy) is 1. The third-order valence-electron chi connectivity index (χ3n) is 6.95. The molecule has 5 rings (SSSR count). The van der Waals surface area contributed by atoms with Gasteiger partial charge in [-0.15, -0.1) is 0 Å². The normalized spacial score (nSPS) is 20.3. The average Bonchev–Trinajstić information content (AvgIpc) is 2.83. The minimum absolute atomic E-state index is 0.231. The van der Waals surface area contributed by atoms with E-state index in [1.807, 2.05) is 13.0 Å². The monoisotopic (exact) mass is 471 g/mol. The van der Waals surface area contributed by atoms with Crippen molar-refractivity contribution in [1.29, 1.82) is 0 Å². The first-order chi connectivity index (χ1) is 16.3. The topological polar surface area (TPSA) is 53.5 Å². The second kappa shape index (κ2) is 9.03. The van der Waals surface area contributed by atoms with E-state index in [-0.39, 0.29) is 11.6 Å². The maximum Gasteiger partial charge on any atom is 0.416 e. The Morgan fingerprint density at radius 2 is 2.00 bits per heavy atom. The Balaban J connectivity index is 1.42. The van der Waals surface area contributed by atoms with E-state index in [1.165, 1.54) is 13.0 Å². The number of piperazine rings is 1. The Labute approximate surface area is 196 Å². The lowest BCUT2D eigenvalue weighted by atomic mass is 9.97. The highest BCUT2D eigenvalue weighted by Crippen LogP contribution is 2.36. The minimum Gasteiger partial charge on any atom is -0.378 e. The molecule has 2 atom stereocenters. The summed E-state index contributed by atoms with van der Waals surface area (Å²) in [6.07, 6.45) is -2.74. The molecule has 2 fully saturated rings. The standard InChI is InChI=1S/C25H28F3N5O/c1-16-20(4-3-5-22(16)25(26,27)28)17(2)30-24-13-29-31-23-7-6-18(12-21(23)24)33-9-8-32-10-11-34-15-19(32)14-33/h3-7,12-13,17,19H,8-11,14-15H2,1-2H3,(H,30,31)/t17-,19+/m1/s1. The molecular formula is C25H28F3N5O. The highest BCUT2D eigenvalue weighted by atomic mass is 19.4. The van der Waals surface area contributed by atoms with Gasteiger partial charge in [-0.25, -0.2) is 0 Å². The highest BCUT2D eigenvalue weighted by Gasteiger charge is 2.33. The quantitative estimate of drug-likeness (QED) is 0.598. The van der Waals surface area contributed by atoms with E-state index in [2.05, 4.69) is 37.4 Å². The van der Waals surface area contributed by atoms with Crippen molar-refractivity contribution in [3.63, 3.8) is 0 Å². The summed E-state index contributed by atoms with van der Waals surface area (Å²) >= 11 is 0. The molecule has 0 spiro atoms. The van der Waals surface area contributed by atoms with Crippen molar-refractivity contribution in [1.82, 2.24) is 15.1 Å². The first-order valence-electron chi connectivity index (χ1n) is 11.6. The summed E-state index contributed by atoms with van der Waals surface area (Å²) in [5.74, 6) is 0. The van der Waals surface area contributed by atoms with Crippen LogP contribution in [-0.4, -0.2) is 60.5 Å². The van der Waals surface area contributed by atoms with Gasteiger partial charge in [-0.1, -0.05) is 12.1 Å². The van der Waals surface area contributed by atoms with Crippen LogP contribution < -0.4 is 10.2 Å². The van der Waals surface area contributed by atoms with Gasteiger partial charge in [0.15, 0.2) is 0 Å².